The number of nitrogens with zero attached hydrogens (tertiary/aromatic N) is 1. The number of hydrogen-bond donors (Lipinski definition) is 0. The predicted molar refractivity (Wildman–Crippen MR) is 103 cm³/mol. The molecule has 0 amide bonds. The van der Waals surface area contributed by atoms with Crippen LogP contribution in [0.1, 0.15) is 46.1 Å². The average molecular weight is 397 g/mol. The first-order valence-electron chi connectivity index (χ1n) is 9.23. The quantitative estimate of drug-likeness (QED) is 0.696. The van der Waals surface area contributed by atoms with Crippen LogP contribution in [-0.2, 0) is 29.6 Å². The van der Waals surface area contributed by atoms with Gasteiger partial charge in [0, 0.05) is 30.8 Å². The Morgan fingerprint density at radius 2 is 1.78 bits per heavy atom. The highest BCUT2D eigenvalue weighted by atomic mass is 32.2. The summed E-state index contributed by atoms with van der Waals surface area (Å²) in [7, 11) is -3.85. The van der Waals surface area contributed by atoms with Gasteiger partial charge in [0.15, 0.2) is 9.84 Å². The van der Waals surface area contributed by atoms with Gasteiger partial charge >= 0.3 is 7.12 Å². The maximum Gasteiger partial charge on any atom is 0.500 e. The third-order valence-electron chi connectivity index (χ3n) is 5.32. The molecule has 0 spiro atoms. The van der Waals surface area contributed by atoms with E-state index in [1.807, 2.05) is 27.7 Å². The van der Waals surface area contributed by atoms with E-state index in [0.29, 0.717) is 30.1 Å². The lowest BCUT2D eigenvalue weighted by molar-refractivity contribution is 0.00578. The average Bonchev–Trinajstić information content (AvgIpc) is 2.76. The predicted octanol–water partition coefficient (Wildman–Crippen LogP) is 1.48. The Labute approximate surface area is 161 Å². The molecule has 0 unspecified atom stereocenters. The zero-order valence-corrected chi connectivity index (χ0v) is 17.5. The monoisotopic (exact) mass is 397 g/mol. The molecule has 1 aromatic rings. The second-order valence-corrected chi connectivity index (χ2v) is 10.5. The van der Waals surface area contributed by atoms with Gasteiger partial charge in [-0.3, -0.25) is 0 Å². The Hall–Kier alpha value is -1.16. The van der Waals surface area contributed by atoms with Crippen LogP contribution >= 0.6 is 0 Å². The summed E-state index contributed by atoms with van der Waals surface area (Å²) < 4.78 is 47.2. The molecule has 2 aliphatic rings. The number of ether oxygens (including phenoxy) is 2. The molecule has 0 radical (unpaired) electrons. The zero-order chi connectivity index (χ0) is 19.9. The van der Waals surface area contributed by atoms with Crippen molar-refractivity contribution in [3.05, 3.63) is 17.8 Å². The highest BCUT2D eigenvalue weighted by molar-refractivity contribution is 7.89. The van der Waals surface area contributed by atoms with Gasteiger partial charge < -0.3 is 18.8 Å². The van der Waals surface area contributed by atoms with Gasteiger partial charge in [-0.05, 0) is 33.3 Å². The summed E-state index contributed by atoms with van der Waals surface area (Å²) in [4.78, 5) is 4.41. The SMILES string of the molecule is CC1(C)OB(c2cc(CS(C)(=O)=O)cnc2OC2CCOCC2)OC1(C)C. The first-order valence-corrected chi connectivity index (χ1v) is 11.3. The van der Waals surface area contributed by atoms with Gasteiger partial charge in [-0.15, -0.1) is 0 Å². The Kier molecular flexibility index (Phi) is 5.60. The van der Waals surface area contributed by atoms with Gasteiger partial charge in [0.1, 0.15) is 6.10 Å². The van der Waals surface area contributed by atoms with Gasteiger partial charge in [-0.2, -0.15) is 0 Å². The summed E-state index contributed by atoms with van der Waals surface area (Å²) in [5.41, 5.74) is 0.184. The molecule has 9 heteroatoms. The molecule has 0 N–H and O–H groups in total. The van der Waals surface area contributed by atoms with E-state index in [9.17, 15) is 8.42 Å². The second kappa shape index (κ2) is 7.35. The summed E-state index contributed by atoms with van der Waals surface area (Å²) in [6, 6.07) is 1.77. The van der Waals surface area contributed by atoms with E-state index in [0.717, 1.165) is 12.8 Å². The number of hydrogen-bond acceptors (Lipinski definition) is 7. The zero-order valence-electron chi connectivity index (χ0n) is 16.6. The van der Waals surface area contributed by atoms with Crippen LogP contribution in [0.2, 0.25) is 0 Å². The van der Waals surface area contributed by atoms with E-state index < -0.39 is 28.2 Å². The van der Waals surface area contributed by atoms with Crippen molar-refractivity contribution >= 4 is 22.4 Å². The van der Waals surface area contributed by atoms with Crippen LogP contribution in [0.15, 0.2) is 12.3 Å². The van der Waals surface area contributed by atoms with Gasteiger partial charge in [-0.1, -0.05) is 6.07 Å². The van der Waals surface area contributed by atoms with Gasteiger partial charge in [0.25, 0.3) is 0 Å². The van der Waals surface area contributed by atoms with Crippen molar-refractivity contribution in [2.24, 2.45) is 0 Å². The van der Waals surface area contributed by atoms with Crippen molar-refractivity contribution in [3.63, 3.8) is 0 Å². The Bertz CT molecular complexity index is 773. The molecule has 0 aliphatic carbocycles. The van der Waals surface area contributed by atoms with E-state index >= 15 is 0 Å². The number of aromatic nitrogens is 1. The highest BCUT2D eigenvalue weighted by Gasteiger charge is 2.52. The minimum Gasteiger partial charge on any atom is -0.474 e. The van der Waals surface area contributed by atoms with E-state index in [4.69, 9.17) is 18.8 Å². The summed E-state index contributed by atoms with van der Waals surface area (Å²) in [5, 5.41) is 0. The molecule has 27 heavy (non-hydrogen) atoms. The van der Waals surface area contributed by atoms with Crippen LogP contribution in [0, 0.1) is 0 Å². The molecule has 0 atom stereocenters. The fraction of sp³-hybridized carbons (Fsp3) is 0.722. The lowest BCUT2D eigenvalue weighted by atomic mass is 9.79. The van der Waals surface area contributed by atoms with Crippen LogP contribution in [0.4, 0.5) is 0 Å². The number of rotatable bonds is 5. The molecule has 3 heterocycles. The normalized spacial score (nSPS) is 22.8. The van der Waals surface area contributed by atoms with Crippen molar-refractivity contribution in [1.29, 1.82) is 0 Å². The van der Waals surface area contributed by atoms with Crippen molar-refractivity contribution in [3.8, 4) is 5.88 Å². The maximum absolute atomic E-state index is 11.7. The smallest absolute Gasteiger partial charge is 0.474 e. The van der Waals surface area contributed by atoms with Crippen molar-refractivity contribution in [2.45, 2.75) is 63.6 Å². The number of pyridine rings is 1. The van der Waals surface area contributed by atoms with E-state index in [-0.39, 0.29) is 11.9 Å². The summed E-state index contributed by atoms with van der Waals surface area (Å²) >= 11 is 0. The minimum absolute atomic E-state index is 0.00758. The fourth-order valence-electron chi connectivity index (χ4n) is 3.09. The molecule has 150 valence electrons. The Balaban J connectivity index is 1.93. The lowest BCUT2D eigenvalue weighted by Crippen LogP contribution is -2.41. The third kappa shape index (κ3) is 4.82. The molecule has 0 saturated carbocycles. The first-order chi connectivity index (χ1) is 12.5. The molecule has 1 aromatic heterocycles. The second-order valence-electron chi connectivity index (χ2n) is 8.33. The highest BCUT2D eigenvalue weighted by Crippen LogP contribution is 2.37. The summed E-state index contributed by atoms with van der Waals surface area (Å²) in [5.74, 6) is 0.335. The van der Waals surface area contributed by atoms with E-state index in [2.05, 4.69) is 4.98 Å². The Morgan fingerprint density at radius 1 is 1.19 bits per heavy atom. The maximum atomic E-state index is 11.7. The van der Waals surface area contributed by atoms with Gasteiger partial charge in [0.2, 0.25) is 5.88 Å². The van der Waals surface area contributed by atoms with Gasteiger partial charge in [0.05, 0.1) is 30.2 Å². The minimum atomic E-state index is -3.18. The molecular weight excluding hydrogens is 369 g/mol. The van der Waals surface area contributed by atoms with Crippen LogP contribution < -0.4 is 10.2 Å². The molecule has 2 saturated heterocycles. The molecule has 3 rings (SSSR count). The molecule has 7 nitrogen and oxygen atoms in total. The largest absolute Gasteiger partial charge is 0.500 e. The third-order valence-corrected chi connectivity index (χ3v) is 6.18. The molecule has 2 aliphatic heterocycles. The first kappa shape index (κ1) is 20.6. The van der Waals surface area contributed by atoms with Gasteiger partial charge in [-0.25, -0.2) is 13.4 Å². The molecule has 2 fully saturated rings. The fourth-order valence-corrected chi connectivity index (χ4v) is 3.85. The topological polar surface area (TPSA) is 84.0 Å². The van der Waals surface area contributed by atoms with Crippen LogP contribution in [-0.4, -0.2) is 57.3 Å². The lowest BCUT2D eigenvalue weighted by Gasteiger charge is -2.32. The summed E-state index contributed by atoms with van der Waals surface area (Å²) in [6.07, 6.45) is 4.33. The van der Waals surface area contributed by atoms with Crippen LogP contribution in [0.5, 0.6) is 5.88 Å². The molecule has 0 aromatic carbocycles. The molecule has 0 bridgehead atoms. The van der Waals surface area contributed by atoms with Crippen LogP contribution in [0.25, 0.3) is 0 Å². The van der Waals surface area contributed by atoms with Crippen molar-refractivity contribution in [2.75, 3.05) is 19.5 Å². The number of sulfone groups is 1. The van der Waals surface area contributed by atoms with E-state index in [1.54, 1.807) is 12.3 Å². The molecular formula is C18H28BNO6S. The Morgan fingerprint density at radius 3 is 2.33 bits per heavy atom. The summed E-state index contributed by atoms with van der Waals surface area (Å²) in [6.45, 7) is 9.20. The van der Waals surface area contributed by atoms with Crippen molar-refractivity contribution in [1.82, 2.24) is 4.98 Å². The standard InChI is InChI=1S/C18H28BNO6S/c1-17(2)18(3,4)26-19(25-17)15-10-13(12-27(5,21)22)11-20-16(15)24-14-6-8-23-9-7-14/h10-11,14H,6-9,12H2,1-5H3. The van der Waals surface area contributed by atoms with Crippen LogP contribution in [0.3, 0.4) is 0 Å². The van der Waals surface area contributed by atoms with Crippen molar-refractivity contribution < 1.29 is 27.2 Å². The van der Waals surface area contributed by atoms with E-state index in [1.165, 1.54) is 6.26 Å².